The molecule has 1 rings (SSSR count). The molecule has 2 heteroatoms. The summed E-state index contributed by atoms with van der Waals surface area (Å²) in [4.78, 5) is 0. The highest BCUT2D eigenvalue weighted by molar-refractivity contribution is 5.45. The molecule has 0 spiro atoms. The molecule has 0 atom stereocenters. The second-order valence-electron chi connectivity index (χ2n) is 5.72. The summed E-state index contributed by atoms with van der Waals surface area (Å²) in [5.41, 5.74) is 1.19. The van der Waals surface area contributed by atoms with E-state index in [1.807, 2.05) is 26.0 Å². The molecule has 1 aromatic carbocycles. The Labute approximate surface area is 97.5 Å². The molecule has 1 N–H and O–H groups in total. The van der Waals surface area contributed by atoms with Gasteiger partial charge in [-0.05, 0) is 37.0 Å². The maximum absolute atomic E-state index is 9.82. The minimum absolute atomic E-state index is 0.0218. The van der Waals surface area contributed by atoms with E-state index < -0.39 is 5.41 Å². The van der Waals surface area contributed by atoms with Crippen molar-refractivity contribution in [3.63, 3.8) is 0 Å². The SMILES string of the molecule is CC(C)(C)c1ccc(O)c(C(C)(C)C#N)c1. The molecule has 86 valence electrons. The van der Waals surface area contributed by atoms with E-state index in [0.29, 0.717) is 5.56 Å². The number of rotatable bonds is 1. The van der Waals surface area contributed by atoms with E-state index in [1.54, 1.807) is 6.07 Å². The average molecular weight is 217 g/mol. The topological polar surface area (TPSA) is 44.0 Å². The van der Waals surface area contributed by atoms with Crippen LogP contribution in [0.4, 0.5) is 0 Å². The summed E-state index contributed by atoms with van der Waals surface area (Å²) in [5.74, 6) is 0.194. The third-order valence-electron chi connectivity index (χ3n) is 2.82. The zero-order valence-corrected chi connectivity index (χ0v) is 10.6. The molecule has 0 heterocycles. The minimum atomic E-state index is -0.661. The van der Waals surface area contributed by atoms with Crippen LogP contribution in [-0.2, 0) is 10.8 Å². The van der Waals surface area contributed by atoms with Crippen molar-refractivity contribution in [1.82, 2.24) is 0 Å². The maximum Gasteiger partial charge on any atom is 0.120 e. The van der Waals surface area contributed by atoms with Crippen LogP contribution in [0.2, 0.25) is 0 Å². The normalized spacial score (nSPS) is 12.2. The Bertz CT molecular complexity index is 433. The fourth-order valence-electron chi connectivity index (χ4n) is 1.56. The third kappa shape index (κ3) is 2.36. The summed E-state index contributed by atoms with van der Waals surface area (Å²) >= 11 is 0. The van der Waals surface area contributed by atoms with E-state index in [4.69, 9.17) is 5.26 Å². The smallest absolute Gasteiger partial charge is 0.120 e. The first-order valence-corrected chi connectivity index (χ1v) is 5.44. The molecular weight excluding hydrogens is 198 g/mol. The van der Waals surface area contributed by atoms with E-state index in [9.17, 15) is 5.11 Å². The highest BCUT2D eigenvalue weighted by atomic mass is 16.3. The van der Waals surface area contributed by atoms with Crippen LogP contribution >= 0.6 is 0 Å². The largest absolute Gasteiger partial charge is 0.508 e. The summed E-state index contributed by atoms with van der Waals surface area (Å²) < 4.78 is 0. The Morgan fingerprint density at radius 2 is 1.69 bits per heavy atom. The lowest BCUT2D eigenvalue weighted by atomic mass is 9.80. The van der Waals surface area contributed by atoms with Crippen LogP contribution in [-0.4, -0.2) is 5.11 Å². The van der Waals surface area contributed by atoms with E-state index >= 15 is 0 Å². The van der Waals surface area contributed by atoms with E-state index in [-0.39, 0.29) is 11.2 Å². The molecule has 0 saturated carbocycles. The van der Waals surface area contributed by atoms with Crippen molar-refractivity contribution in [1.29, 1.82) is 5.26 Å². The van der Waals surface area contributed by atoms with Gasteiger partial charge in [-0.1, -0.05) is 26.8 Å². The fourth-order valence-corrected chi connectivity index (χ4v) is 1.56. The summed E-state index contributed by atoms with van der Waals surface area (Å²) in [6, 6.07) is 7.73. The van der Waals surface area contributed by atoms with Crippen molar-refractivity contribution in [2.75, 3.05) is 0 Å². The summed E-state index contributed by atoms with van der Waals surface area (Å²) in [6.07, 6.45) is 0. The number of benzene rings is 1. The maximum atomic E-state index is 9.82. The fraction of sp³-hybridized carbons (Fsp3) is 0.500. The highest BCUT2D eigenvalue weighted by Gasteiger charge is 2.25. The van der Waals surface area contributed by atoms with Gasteiger partial charge in [-0.15, -0.1) is 0 Å². The molecule has 0 aliphatic carbocycles. The molecule has 0 amide bonds. The summed E-state index contributed by atoms with van der Waals surface area (Å²) in [7, 11) is 0. The number of nitriles is 1. The lowest BCUT2D eigenvalue weighted by molar-refractivity contribution is 0.455. The van der Waals surface area contributed by atoms with Gasteiger partial charge in [0.2, 0.25) is 0 Å². The van der Waals surface area contributed by atoms with Gasteiger partial charge in [-0.25, -0.2) is 0 Å². The van der Waals surface area contributed by atoms with Gasteiger partial charge in [0.05, 0.1) is 11.5 Å². The monoisotopic (exact) mass is 217 g/mol. The van der Waals surface area contributed by atoms with Crippen LogP contribution in [0.3, 0.4) is 0 Å². The van der Waals surface area contributed by atoms with E-state index in [0.717, 1.165) is 5.56 Å². The van der Waals surface area contributed by atoms with E-state index in [1.165, 1.54) is 0 Å². The number of phenolic OH excluding ortho intramolecular Hbond substituents is 1. The number of aromatic hydroxyl groups is 1. The van der Waals surface area contributed by atoms with Crippen molar-refractivity contribution in [3.05, 3.63) is 29.3 Å². The van der Waals surface area contributed by atoms with E-state index in [2.05, 4.69) is 26.8 Å². The molecule has 0 fully saturated rings. The van der Waals surface area contributed by atoms with Gasteiger partial charge >= 0.3 is 0 Å². The number of nitrogens with zero attached hydrogens (tertiary/aromatic N) is 1. The first kappa shape index (κ1) is 12.6. The number of hydrogen-bond acceptors (Lipinski definition) is 2. The van der Waals surface area contributed by atoms with Crippen LogP contribution in [0.1, 0.15) is 45.7 Å². The van der Waals surface area contributed by atoms with Crippen molar-refractivity contribution < 1.29 is 5.11 Å². The lowest BCUT2D eigenvalue weighted by Crippen LogP contribution is -2.17. The first-order chi connectivity index (χ1) is 7.18. The Morgan fingerprint density at radius 1 is 1.12 bits per heavy atom. The summed E-state index contributed by atoms with van der Waals surface area (Å²) in [5, 5.41) is 18.9. The third-order valence-corrected chi connectivity index (χ3v) is 2.82. The van der Waals surface area contributed by atoms with Crippen molar-refractivity contribution in [2.24, 2.45) is 0 Å². The van der Waals surface area contributed by atoms with Gasteiger partial charge in [0.1, 0.15) is 5.75 Å². The van der Waals surface area contributed by atoms with Gasteiger partial charge in [-0.2, -0.15) is 5.26 Å². The Kier molecular flexibility index (Phi) is 3.01. The summed E-state index contributed by atoms with van der Waals surface area (Å²) in [6.45, 7) is 9.97. The zero-order chi connectivity index (χ0) is 12.6. The Balaban J connectivity index is 3.37. The molecule has 0 radical (unpaired) electrons. The van der Waals surface area contributed by atoms with Crippen LogP contribution in [0.5, 0.6) is 5.75 Å². The minimum Gasteiger partial charge on any atom is -0.508 e. The quantitative estimate of drug-likeness (QED) is 0.782. The van der Waals surface area contributed by atoms with Gasteiger partial charge in [0.15, 0.2) is 0 Å². The van der Waals surface area contributed by atoms with Crippen LogP contribution in [0, 0.1) is 11.3 Å². The average Bonchev–Trinajstić information content (AvgIpc) is 2.16. The molecule has 16 heavy (non-hydrogen) atoms. The zero-order valence-electron chi connectivity index (χ0n) is 10.6. The van der Waals surface area contributed by atoms with Crippen molar-refractivity contribution in [3.8, 4) is 11.8 Å². The molecule has 0 unspecified atom stereocenters. The second-order valence-corrected chi connectivity index (χ2v) is 5.72. The van der Waals surface area contributed by atoms with Crippen molar-refractivity contribution in [2.45, 2.75) is 45.4 Å². The van der Waals surface area contributed by atoms with Gasteiger partial charge < -0.3 is 5.11 Å². The molecule has 1 aromatic rings. The van der Waals surface area contributed by atoms with Crippen LogP contribution in [0.25, 0.3) is 0 Å². The molecule has 0 saturated heterocycles. The van der Waals surface area contributed by atoms with Crippen LogP contribution < -0.4 is 0 Å². The van der Waals surface area contributed by atoms with Gasteiger partial charge in [0.25, 0.3) is 0 Å². The molecule has 0 aromatic heterocycles. The molecule has 2 nitrogen and oxygen atoms in total. The molecule has 0 aliphatic heterocycles. The predicted molar refractivity (Wildman–Crippen MR) is 65.4 cm³/mol. The van der Waals surface area contributed by atoms with Crippen molar-refractivity contribution >= 4 is 0 Å². The van der Waals surface area contributed by atoms with Gasteiger partial charge in [-0.3, -0.25) is 0 Å². The van der Waals surface area contributed by atoms with Gasteiger partial charge in [0, 0.05) is 5.56 Å². The Hall–Kier alpha value is -1.49. The number of phenols is 1. The van der Waals surface area contributed by atoms with Crippen LogP contribution in [0.15, 0.2) is 18.2 Å². The Morgan fingerprint density at radius 3 is 2.12 bits per heavy atom. The second kappa shape index (κ2) is 3.83. The predicted octanol–water partition coefficient (Wildman–Crippen LogP) is 3.49. The number of hydrogen-bond donors (Lipinski definition) is 1. The molecule has 0 bridgehead atoms. The lowest BCUT2D eigenvalue weighted by Gasteiger charge is -2.24. The molecular formula is C14H19NO. The molecule has 0 aliphatic rings. The highest BCUT2D eigenvalue weighted by Crippen LogP contribution is 2.34. The standard InChI is InChI=1S/C14H19NO/c1-13(2,3)10-6-7-12(16)11(8-10)14(4,5)9-15/h6-8,16H,1-5H3. The first-order valence-electron chi connectivity index (χ1n) is 5.44.